The van der Waals surface area contributed by atoms with E-state index in [-0.39, 0.29) is 17.3 Å². The number of carbonyl (C=O) groups is 1. The molecule has 0 saturated heterocycles. The molecule has 0 bridgehead atoms. The van der Waals surface area contributed by atoms with Gasteiger partial charge in [-0.3, -0.25) is 14.6 Å². The van der Waals surface area contributed by atoms with E-state index in [1.165, 1.54) is 23.2 Å². The Bertz CT molecular complexity index is 1420. The number of nitrogens with zero attached hydrogens (tertiary/aromatic N) is 2. The van der Waals surface area contributed by atoms with Gasteiger partial charge in [0.15, 0.2) is 5.78 Å². The predicted octanol–water partition coefficient (Wildman–Crippen LogP) is 6.22. The SMILES string of the molecule is CN(C)CC[C@@H](CC(=O)C1=Cc2cc3c(nc2C1)CC[C@H](C(C)(C)C)C3)c1ccc(-c2ccc(=O)[nH]c2)cc1. The zero-order valence-electron chi connectivity index (χ0n) is 24.0. The number of rotatable bonds is 8. The van der Waals surface area contributed by atoms with Crippen molar-refractivity contribution < 1.29 is 4.79 Å². The second-order valence-corrected chi connectivity index (χ2v) is 12.8. The zero-order chi connectivity index (χ0) is 27.7. The summed E-state index contributed by atoms with van der Waals surface area (Å²) in [5.41, 5.74) is 9.11. The number of benzene rings is 1. The van der Waals surface area contributed by atoms with E-state index in [9.17, 15) is 9.59 Å². The summed E-state index contributed by atoms with van der Waals surface area (Å²) in [7, 11) is 4.15. The van der Waals surface area contributed by atoms with E-state index in [1.807, 2.05) is 6.07 Å². The molecule has 2 heterocycles. The van der Waals surface area contributed by atoms with Crippen LogP contribution in [0.15, 0.2) is 59.0 Å². The molecule has 2 atom stereocenters. The molecule has 0 unspecified atom stereocenters. The van der Waals surface area contributed by atoms with Gasteiger partial charge in [0, 0.05) is 36.4 Å². The molecule has 2 aromatic heterocycles. The number of ketones is 1. The van der Waals surface area contributed by atoms with E-state index in [4.69, 9.17) is 4.98 Å². The summed E-state index contributed by atoms with van der Waals surface area (Å²) in [6, 6.07) is 14.1. The highest BCUT2D eigenvalue weighted by Gasteiger charge is 2.31. The topological polar surface area (TPSA) is 66.1 Å². The number of hydrogen-bond donors (Lipinski definition) is 1. The fourth-order valence-electron chi connectivity index (χ4n) is 6.02. The molecular weight excluding hydrogens is 482 g/mol. The minimum absolute atomic E-state index is 0.106. The Balaban J connectivity index is 1.32. The third kappa shape index (κ3) is 6.30. The third-order valence-corrected chi connectivity index (χ3v) is 8.63. The smallest absolute Gasteiger partial charge is 0.247 e. The van der Waals surface area contributed by atoms with E-state index < -0.39 is 0 Å². The summed E-state index contributed by atoms with van der Waals surface area (Å²) in [4.78, 5) is 35.0. The van der Waals surface area contributed by atoms with Gasteiger partial charge in [-0.25, -0.2) is 0 Å². The number of fused-ring (bicyclic) bond motifs is 2. The van der Waals surface area contributed by atoms with Crippen LogP contribution < -0.4 is 5.56 Å². The summed E-state index contributed by atoms with van der Waals surface area (Å²) in [6.45, 7) is 7.93. The average Bonchev–Trinajstić information content (AvgIpc) is 3.32. The van der Waals surface area contributed by atoms with Crippen LogP contribution in [0.4, 0.5) is 0 Å². The Kier molecular flexibility index (Phi) is 7.73. The molecular formula is C34H41N3O2. The number of aromatic nitrogens is 2. The Hall–Kier alpha value is -3.31. The van der Waals surface area contributed by atoms with Crippen molar-refractivity contribution in [3.8, 4) is 11.1 Å². The van der Waals surface area contributed by atoms with Crippen LogP contribution in [0.2, 0.25) is 0 Å². The van der Waals surface area contributed by atoms with Crippen LogP contribution in [-0.4, -0.2) is 41.3 Å². The van der Waals surface area contributed by atoms with Crippen molar-refractivity contribution in [2.75, 3.05) is 20.6 Å². The Morgan fingerprint density at radius 3 is 2.49 bits per heavy atom. The number of allylic oxidation sites excluding steroid dienone is 1. The van der Waals surface area contributed by atoms with Crippen molar-refractivity contribution in [2.45, 2.75) is 65.2 Å². The first-order chi connectivity index (χ1) is 18.6. The van der Waals surface area contributed by atoms with E-state index >= 15 is 0 Å². The quantitative estimate of drug-likeness (QED) is 0.381. The Morgan fingerprint density at radius 2 is 1.82 bits per heavy atom. The second kappa shape index (κ2) is 11.1. The van der Waals surface area contributed by atoms with Crippen molar-refractivity contribution >= 4 is 11.9 Å². The fraction of sp³-hybridized carbons (Fsp3) is 0.441. The molecule has 2 aliphatic rings. The van der Waals surface area contributed by atoms with Crippen LogP contribution in [-0.2, 0) is 24.1 Å². The summed E-state index contributed by atoms with van der Waals surface area (Å²) in [5, 5.41) is 0. The molecule has 39 heavy (non-hydrogen) atoms. The molecule has 0 saturated carbocycles. The lowest BCUT2D eigenvalue weighted by Gasteiger charge is -2.34. The van der Waals surface area contributed by atoms with Gasteiger partial charge in [0.05, 0.1) is 5.69 Å². The van der Waals surface area contributed by atoms with Crippen molar-refractivity contribution in [1.82, 2.24) is 14.9 Å². The molecule has 5 heteroatoms. The number of aromatic amines is 1. The molecule has 0 radical (unpaired) electrons. The lowest BCUT2D eigenvalue weighted by molar-refractivity contribution is -0.116. The first-order valence-electron chi connectivity index (χ1n) is 14.3. The van der Waals surface area contributed by atoms with E-state index in [2.05, 4.69) is 81.2 Å². The molecule has 0 spiro atoms. The average molecular weight is 524 g/mol. The monoisotopic (exact) mass is 523 g/mol. The molecule has 5 nitrogen and oxygen atoms in total. The van der Waals surface area contributed by atoms with Crippen molar-refractivity contribution in [3.05, 3.63) is 92.7 Å². The maximum absolute atomic E-state index is 13.6. The number of Topliss-reactive ketones (excluding diaryl/α,β-unsaturated/α-hetero) is 1. The molecule has 0 amide bonds. The van der Waals surface area contributed by atoms with Gasteiger partial charge in [0.1, 0.15) is 0 Å². The summed E-state index contributed by atoms with van der Waals surface area (Å²) in [6.07, 6.45) is 9.21. The molecule has 0 fully saturated rings. The van der Waals surface area contributed by atoms with Crippen LogP contribution in [0.5, 0.6) is 0 Å². The number of carbonyl (C=O) groups excluding carboxylic acids is 1. The van der Waals surface area contributed by atoms with Crippen LogP contribution >= 0.6 is 0 Å². The fourth-order valence-corrected chi connectivity index (χ4v) is 6.02. The molecule has 3 aromatic rings. The van der Waals surface area contributed by atoms with Crippen LogP contribution in [0, 0.1) is 11.3 Å². The first kappa shape index (κ1) is 27.3. The lowest BCUT2D eigenvalue weighted by atomic mass is 9.71. The van der Waals surface area contributed by atoms with E-state index in [0.29, 0.717) is 24.2 Å². The Labute approximate surface area is 232 Å². The van der Waals surface area contributed by atoms with Crippen LogP contribution in [0.25, 0.3) is 17.2 Å². The molecule has 1 aromatic carbocycles. The van der Waals surface area contributed by atoms with Gasteiger partial charge >= 0.3 is 0 Å². The highest BCUT2D eigenvalue weighted by molar-refractivity contribution is 6.02. The van der Waals surface area contributed by atoms with Gasteiger partial charge in [-0.15, -0.1) is 0 Å². The summed E-state index contributed by atoms with van der Waals surface area (Å²) >= 11 is 0. The maximum atomic E-state index is 13.6. The highest BCUT2D eigenvalue weighted by atomic mass is 16.1. The van der Waals surface area contributed by atoms with Crippen LogP contribution in [0.3, 0.4) is 0 Å². The van der Waals surface area contributed by atoms with Gasteiger partial charge in [-0.2, -0.15) is 0 Å². The normalized spacial score (nSPS) is 17.5. The number of nitrogens with one attached hydrogen (secondary N) is 1. The van der Waals surface area contributed by atoms with Gasteiger partial charge in [-0.1, -0.05) is 45.0 Å². The molecule has 0 aliphatic heterocycles. The Morgan fingerprint density at radius 1 is 1.08 bits per heavy atom. The maximum Gasteiger partial charge on any atom is 0.247 e. The molecule has 5 rings (SSSR count). The number of hydrogen-bond acceptors (Lipinski definition) is 4. The largest absolute Gasteiger partial charge is 0.328 e. The predicted molar refractivity (Wildman–Crippen MR) is 159 cm³/mol. The molecule has 2 aliphatic carbocycles. The number of pyridine rings is 2. The minimum atomic E-state index is -0.106. The summed E-state index contributed by atoms with van der Waals surface area (Å²) < 4.78 is 0. The van der Waals surface area contributed by atoms with Gasteiger partial charge in [0.25, 0.3) is 0 Å². The van der Waals surface area contributed by atoms with Gasteiger partial charge < -0.3 is 9.88 Å². The lowest BCUT2D eigenvalue weighted by Crippen LogP contribution is -2.27. The summed E-state index contributed by atoms with van der Waals surface area (Å²) in [5.74, 6) is 1.04. The number of H-pyrrole nitrogens is 1. The van der Waals surface area contributed by atoms with Crippen molar-refractivity contribution in [1.29, 1.82) is 0 Å². The van der Waals surface area contributed by atoms with E-state index in [1.54, 1.807) is 12.3 Å². The van der Waals surface area contributed by atoms with E-state index in [0.717, 1.165) is 53.8 Å². The van der Waals surface area contributed by atoms with Gasteiger partial charge in [0.2, 0.25) is 5.56 Å². The van der Waals surface area contributed by atoms with Crippen molar-refractivity contribution in [2.24, 2.45) is 11.3 Å². The standard InChI is InChI=1S/C34H41N3O2/c1-34(2,3)29-11-12-30-27(18-29)16-26-17-28(19-31(26)36-30)32(38)20-24(14-15-37(4)5)22-6-8-23(9-7-22)25-10-13-33(39)35-21-25/h6-10,13,16-17,21,24,29H,11-12,14-15,18-20H2,1-5H3,(H,35,39)/t24-,29-/m0/s1. The first-order valence-corrected chi connectivity index (χ1v) is 14.3. The minimum Gasteiger partial charge on any atom is -0.328 e. The number of aryl methyl sites for hydroxylation is 1. The molecule has 1 N–H and O–H groups in total. The zero-order valence-corrected chi connectivity index (χ0v) is 24.0. The molecule has 204 valence electrons. The van der Waals surface area contributed by atoms with Crippen molar-refractivity contribution in [3.63, 3.8) is 0 Å². The van der Waals surface area contributed by atoms with Crippen LogP contribution in [0.1, 0.15) is 74.0 Å². The third-order valence-electron chi connectivity index (χ3n) is 8.63. The second-order valence-electron chi connectivity index (χ2n) is 12.8. The van der Waals surface area contributed by atoms with Gasteiger partial charge in [-0.05, 0) is 110 Å². The highest BCUT2D eigenvalue weighted by Crippen LogP contribution is 2.39.